The van der Waals surface area contributed by atoms with Crippen LogP contribution in [0, 0.1) is 0 Å². The van der Waals surface area contributed by atoms with E-state index < -0.39 is 16.6 Å². The fraction of sp³-hybridized carbons (Fsp3) is 0.789. The number of rotatable bonds is 14. The molecule has 1 heterocycles. The van der Waals surface area contributed by atoms with Gasteiger partial charge in [0, 0.05) is 0 Å². The van der Waals surface area contributed by atoms with Crippen LogP contribution in [0.2, 0.25) is 0 Å². The lowest BCUT2D eigenvalue weighted by Gasteiger charge is -2.12. The van der Waals surface area contributed by atoms with Crippen molar-refractivity contribution in [1.29, 1.82) is 0 Å². The second kappa shape index (κ2) is 16.3. The van der Waals surface area contributed by atoms with Gasteiger partial charge in [0.2, 0.25) is 16.7 Å². The average Bonchev–Trinajstić information content (AvgIpc) is 3.07. The van der Waals surface area contributed by atoms with Crippen molar-refractivity contribution in [2.75, 3.05) is 19.8 Å². The molecular formula is C19H36N2O7S. The van der Waals surface area contributed by atoms with Crippen LogP contribution in [0.1, 0.15) is 71.9 Å². The van der Waals surface area contributed by atoms with E-state index in [1.165, 1.54) is 19.3 Å². The Morgan fingerprint density at radius 1 is 1.07 bits per heavy atom. The molecule has 10 heteroatoms. The Kier molecular flexibility index (Phi) is 15.5. The molecule has 0 spiro atoms. The first kappa shape index (κ1) is 27.5. The van der Waals surface area contributed by atoms with Crippen molar-refractivity contribution in [3.63, 3.8) is 0 Å². The number of unbranched alkanes of at least 4 members (excludes halogenated alkanes) is 5. The number of hydrogen-bond acceptors (Lipinski definition) is 7. The molecule has 1 aromatic rings. The monoisotopic (exact) mass is 436 g/mol. The molecule has 0 saturated heterocycles. The highest BCUT2D eigenvalue weighted by Gasteiger charge is 2.27. The second-order valence-electron chi connectivity index (χ2n) is 6.50. The van der Waals surface area contributed by atoms with E-state index in [1.54, 1.807) is 24.0 Å². The normalized spacial score (nSPS) is 12.2. The Morgan fingerprint density at radius 3 is 2.24 bits per heavy atom. The highest BCUT2D eigenvalue weighted by molar-refractivity contribution is 7.80. The quantitative estimate of drug-likeness (QED) is 0.145. The van der Waals surface area contributed by atoms with Crippen molar-refractivity contribution >= 4 is 16.4 Å². The molecule has 0 aliphatic heterocycles. The maximum Gasteiger partial charge on any atom is 0.381 e. The van der Waals surface area contributed by atoms with Gasteiger partial charge in [0.05, 0.1) is 26.9 Å². The first-order chi connectivity index (χ1) is 13.7. The Bertz CT molecular complexity index is 647. The molecule has 0 bridgehead atoms. The third-order valence-electron chi connectivity index (χ3n) is 3.75. The molecular weight excluding hydrogens is 400 g/mol. The van der Waals surface area contributed by atoms with Crippen molar-refractivity contribution in [2.24, 2.45) is 7.05 Å². The first-order valence-electron chi connectivity index (χ1n) is 10.2. The van der Waals surface area contributed by atoms with Gasteiger partial charge >= 0.3 is 12.2 Å². The topological polar surface area (TPSA) is 111 Å². The molecule has 0 radical (unpaired) electrons. The Morgan fingerprint density at radius 2 is 1.72 bits per heavy atom. The maximum absolute atomic E-state index is 11.7. The fourth-order valence-electron chi connectivity index (χ4n) is 2.37. The largest absolute Gasteiger partial charge is 0.726 e. The molecule has 29 heavy (non-hydrogen) atoms. The van der Waals surface area contributed by atoms with E-state index in [0.29, 0.717) is 19.6 Å². The van der Waals surface area contributed by atoms with Gasteiger partial charge in [-0.25, -0.2) is 17.8 Å². The van der Waals surface area contributed by atoms with E-state index in [-0.39, 0.29) is 12.6 Å². The Balaban J connectivity index is 0.000000555. The van der Waals surface area contributed by atoms with Gasteiger partial charge in [-0.05, 0) is 19.8 Å². The molecule has 170 valence electrons. The number of esters is 1. The minimum absolute atomic E-state index is 0.0258. The van der Waals surface area contributed by atoms with Gasteiger partial charge in [0.1, 0.15) is 12.4 Å². The third kappa shape index (κ3) is 15.1. The fourth-order valence-corrected chi connectivity index (χ4v) is 2.69. The van der Waals surface area contributed by atoms with Crippen LogP contribution < -0.4 is 4.57 Å². The molecule has 0 aliphatic carbocycles. The van der Waals surface area contributed by atoms with Gasteiger partial charge in [-0.15, -0.1) is 0 Å². The number of imidazole rings is 1. The van der Waals surface area contributed by atoms with Crippen LogP contribution in [0.3, 0.4) is 0 Å². The summed E-state index contributed by atoms with van der Waals surface area (Å²) in [6.07, 6.45) is 11.8. The van der Waals surface area contributed by atoms with Crippen LogP contribution in [0.5, 0.6) is 0 Å². The molecule has 0 fully saturated rings. The second-order valence-corrected chi connectivity index (χ2v) is 7.55. The summed E-state index contributed by atoms with van der Waals surface area (Å²) in [5.74, 6) is -0.354. The molecule has 1 rings (SSSR count). The Hall–Kier alpha value is -1.49. The number of hydrogen-bond donors (Lipinski definition) is 0. The van der Waals surface area contributed by atoms with Crippen molar-refractivity contribution < 1.29 is 36.0 Å². The summed E-state index contributed by atoms with van der Waals surface area (Å²) < 4.78 is 48.0. The van der Waals surface area contributed by atoms with Crippen LogP contribution in [-0.2, 0) is 35.9 Å². The van der Waals surface area contributed by atoms with Crippen molar-refractivity contribution in [3.8, 4) is 0 Å². The number of nitrogens with zero attached hydrogens (tertiary/aromatic N) is 2. The summed E-state index contributed by atoms with van der Waals surface area (Å²) in [7, 11) is -2.58. The van der Waals surface area contributed by atoms with Gasteiger partial charge in [0.15, 0.2) is 0 Å². The van der Waals surface area contributed by atoms with Crippen LogP contribution in [0.25, 0.3) is 0 Å². The summed E-state index contributed by atoms with van der Waals surface area (Å²) in [4.78, 5) is 11.7. The summed E-state index contributed by atoms with van der Waals surface area (Å²) in [6.45, 7) is 6.83. The highest BCUT2D eigenvalue weighted by atomic mass is 32.3. The number of carbonyl (C=O) groups is 1. The molecule has 0 aliphatic rings. The predicted molar refractivity (Wildman–Crippen MR) is 107 cm³/mol. The van der Waals surface area contributed by atoms with Crippen LogP contribution in [0.15, 0.2) is 18.7 Å². The lowest BCUT2D eigenvalue weighted by atomic mass is 10.1. The number of aromatic nitrogens is 2. The van der Waals surface area contributed by atoms with E-state index in [2.05, 4.69) is 11.1 Å². The SMILES string of the molecule is CCCCCCCCOS(=O)(=O)[O-].CCCOC(C(=O)OCC)n1cc[n+](C)c1. The molecule has 9 nitrogen and oxygen atoms in total. The molecule has 0 saturated carbocycles. The molecule has 1 unspecified atom stereocenters. The van der Waals surface area contributed by atoms with E-state index in [9.17, 15) is 17.8 Å². The van der Waals surface area contributed by atoms with Crippen LogP contribution in [0.4, 0.5) is 0 Å². The van der Waals surface area contributed by atoms with E-state index >= 15 is 0 Å². The molecule has 0 aromatic carbocycles. The summed E-state index contributed by atoms with van der Waals surface area (Å²) in [5.41, 5.74) is 0. The van der Waals surface area contributed by atoms with Crippen LogP contribution >= 0.6 is 0 Å². The van der Waals surface area contributed by atoms with Gasteiger partial charge in [-0.2, -0.15) is 4.57 Å². The highest BCUT2D eigenvalue weighted by Crippen LogP contribution is 2.10. The Labute approximate surface area is 174 Å². The first-order valence-corrected chi connectivity index (χ1v) is 11.5. The zero-order valence-electron chi connectivity index (χ0n) is 18.0. The van der Waals surface area contributed by atoms with Gasteiger partial charge in [-0.3, -0.25) is 4.18 Å². The van der Waals surface area contributed by atoms with Crippen molar-refractivity contribution in [1.82, 2.24) is 4.57 Å². The van der Waals surface area contributed by atoms with Gasteiger partial charge in [-0.1, -0.05) is 46.0 Å². The lowest BCUT2D eigenvalue weighted by molar-refractivity contribution is -0.671. The average molecular weight is 437 g/mol. The minimum atomic E-state index is -4.47. The number of ether oxygens (including phenoxy) is 2. The summed E-state index contributed by atoms with van der Waals surface area (Å²) >= 11 is 0. The molecule has 1 aromatic heterocycles. The lowest BCUT2D eigenvalue weighted by Crippen LogP contribution is -2.28. The predicted octanol–water partition coefficient (Wildman–Crippen LogP) is 2.62. The smallest absolute Gasteiger partial charge is 0.381 e. The maximum atomic E-state index is 11.7. The third-order valence-corrected chi connectivity index (χ3v) is 4.21. The molecule has 0 N–H and O–H groups in total. The number of aryl methyl sites for hydroxylation is 1. The summed E-state index contributed by atoms with van der Waals surface area (Å²) in [5, 5.41) is 0. The van der Waals surface area contributed by atoms with Crippen LogP contribution in [-0.4, -0.2) is 43.3 Å². The van der Waals surface area contributed by atoms with Crippen molar-refractivity contribution in [3.05, 3.63) is 18.7 Å². The minimum Gasteiger partial charge on any atom is -0.726 e. The number of carbonyl (C=O) groups excluding carboxylic acids is 1. The van der Waals surface area contributed by atoms with Crippen molar-refractivity contribution in [2.45, 2.75) is 71.9 Å². The standard InChI is InChI=1S/C11H19N2O3.C8H18O4S/c1-4-8-16-10(11(14)15-5-2)13-7-6-12(3)9-13;1-2-3-4-5-6-7-8-12-13(9,10)11/h6-7,9-10H,4-5,8H2,1-3H3;2-8H2,1H3,(H,9,10,11)/q+1;/p-1. The summed E-state index contributed by atoms with van der Waals surface area (Å²) in [6, 6.07) is 0. The van der Waals surface area contributed by atoms with E-state index in [0.717, 1.165) is 19.3 Å². The zero-order valence-corrected chi connectivity index (χ0v) is 18.9. The zero-order chi connectivity index (χ0) is 22.1. The van der Waals surface area contributed by atoms with Gasteiger partial charge < -0.3 is 14.0 Å². The van der Waals surface area contributed by atoms with E-state index in [4.69, 9.17) is 9.47 Å². The van der Waals surface area contributed by atoms with E-state index in [1.807, 2.05) is 24.7 Å². The molecule has 1 atom stereocenters. The van der Waals surface area contributed by atoms with Gasteiger partial charge in [0.25, 0.3) is 0 Å². The molecule has 0 amide bonds.